The molecule has 0 saturated carbocycles. The number of hydrogen-bond donors (Lipinski definition) is 1. The topological polar surface area (TPSA) is 73.6 Å². The lowest BCUT2D eigenvalue weighted by Crippen LogP contribution is -2.25. The molecule has 0 atom stereocenters. The summed E-state index contributed by atoms with van der Waals surface area (Å²) in [5.41, 5.74) is 1.07. The summed E-state index contributed by atoms with van der Waals surface area (Å²) in [6.45, 7) is 6.07. The van der Waals surface area contributed by atoms with Gasteiger partial charge in [0, 0.05) is 12.6 Å². The highest BCUT2D eigenvalue weighted by atomic mass is 16.5. The number of nitrogens with one attached hydrogen (secondary N) is 1. The van der Waals surface area contributed by atoms with Crippen LogP contribution in [-0.4, -0.2) is 24.5 Å². The van der Waals surface area contributed by atoms with Crippen molar-refractivity contribution in [3.8, 4) is 11.5 Å². The maximum atomic E-state index is 11.8. The van der Waals surface area contributed by atoms with Crippen LogP contribution in [0.15, 0.2) is 47.1 Å². The second-order valence-electron chi connectivity index (χ2n) is 4.73. The minimum atomic E-state index is -0.306. The van der Waals surface area contributed by atoms with Gasteiger partial charge in [0.1, 0.15) is 17.8 Å². The molecule has 2 rings (SSSR count). The van der Waals surface area contributed by atoms with E-state index in [0.29, 0.717) is 23.9 Å². The molecule has 2 aromatic rings. The van der Waals surface area contributed by atoms with Crippen molar-refractivity contribution >= 4 is 5.91 Å². The fourth-order valence-corrected chi connectivity index (χ4v) is 1.64. The van der Waals surface area contributed by atoms with E-state index < -0.39 is 0 Å². The predicted molar refractivity (Wildman–Crippen MR) is 81.0 cm³/mol. The Morgan fingerprint density at radius 2 is 2.18 bits per heavy atom. The van der Waals surface area contributed by atoms with Crippen LogP contribution in [0.3, 0.4) is 0 Å². The summed E-state index contributed by atoms with van der Waals surface area (Å²) in [6.07, 6.45) is 1.30. The highest BCUT2D eigenvalue weighted by molar-refractivity contribution is 5.92. The summed E-state index contributed by atoms with van der Waals surface area (Å²) in [5, 5.41) is 2.68. The molecule has 0 aliphatic heterocycles. The van der Waals surface area contributed by atoms with Crippen molar-refractivity contribution in [2.75, 3.05) is 13.7 Å². The number of rotatable bonds is 7. The predicted octanol–water partition coefficient (Wildman–Crippen LogP) is 2.57. The molecule has 6 heteroatoms. The van der Waals surface area contributed by atoms with Crippen molar-refractivity contribution in [2.45, 2.75) is 13.5 Å². The molecule has 0 saturated heterocycles. The maximum Gasteiger partial charge on any atom is 0.273 e. The van der Waals surface area contributed by atoms with Crippen LogP contribution in [0.5, 0.6) is 11.5 Å². The average Bonchev–Trinajstić information content (AvgIpc) is 3.00. The SMILES string of the molecule is C=C(C)CNC(=O)c1coc(COc2cccc(OC)c2)n1. The van der Waals surface area contributed by atoms with Crippen LogP contribution >= 0.6 is 0 Å². The van der Waals surface area contributed by atoms with Gasteiger partial charge in [-0.05, 0) is 19.1 Å². The number of amides is 1. The number of carbonyl (C=O) groups excluding carboxylic acids is 1. The van der Waals surface area contributed by atoms with Crippen LogP contribution < -0.4 is 14.8 Å². The lowest BCUT2D eigenvalue weighted by atomic mass is 10.3. The fourth-order valence-electron chi connectivity index (χ4n) is 1.64. The number of ether oxygens (including phenoxy) is 2. The minimum Gasteiger partial charge on any atom is -0.497 e. The molecule has 0 radical (unpaired) electrons. The van der Waals surface area contributed by atoms with E-state index in [2.05, 4.69) is 16.9 Å². The molecule has 116 valence electrons. The lowest BCUT2D eigenvalue weighted by molar-refractivity contribution is 0.0952. The zero-order chi connectivity index (χ0) is 15.9. The Labute approximate surface area is 128 Å². The number of carbonyl (C=O) groups is 1. The Hall–Kier alpha value is -2.76. The number of benzene rings is 1. The first-order valence-corrected chi connectivity index (χ1v) is 6.72. The zero-order valence-electron chi connectivity index (χ0n) is 12.6. The van der Waals surface area contributed by atoms with Gasteiger partial charge in [-0.3, -0.25) is 4.79 Å². The van der Waals surface area contributed by atoms with Gasteiger partial charge in [0.25, 0.3) is 5.91 Å². The van der Waals surface area contributed by atoms with E-state index in [1.165, 1.54) is 6.26 Å². The van der Waals surface area contributed by atoms with E-state index >= 15 is 0 Å². The second kappa shape index (κ2) is 7.31. The molecule has 6 nitrogen and oxygen atoms in total. The third-order valence-corrected chi connectivity index (χ3v) is 2.74. The summed E-state index contributed by atoms with van der Waals surface area (Å²) in [7, 11) is 1.59. The van der Waals surface area contributed by atoms with Crippen LogP contribution in [0.4, 0.5) is 0 Å². The second-order valence-corrected chi connectivity index (χ2v) is 4.73. The van der Waals surface area contributed by atoms with E-state index in [-0.39, 0.29) is 18.2 Å². The van der Waals surface area contributed by atoms with Gasteiger partial charge in [0.2, 0.25) is 5.89 Å². The van der Waals surface area contributed by atoms with Gasteiger partial charge in [-0.1, -0.05) is 18.2 Å². The monoisotopic (exact) mass is 302 g/mol. The molecule has 1 aromatic carbocycles. The van der Waals surface area contributed by atoms with Crippen LogP contribution in [0.1, 0.15) is 23.3 Å². The molecule has 0 spiro atoms. The number of nitrogens with zero attached hydrogens (tertiary/aromatic N) is 1. The van der Waals surface area contributed by atoms with Crippen molar-refractivity contribution in [1.29, 1.82) is 0 Å². The summed E-state index contributed by atoms with van der Waals surface area (Å²) >= 11 is 0. The van der Waals surface area contributed by atoms with E-state index in [0.717, 1.165) is 5.57 Å². The van der Waals surface area contributed by atoms with E-state index in [1.807, 2.05) is 19.1 Å². The van der Waals surface area contributed by atoms with Crippen LogP contribution in [0, 0.1) is 0 Å². The Bertz CT molecular complexity index is 664. The molecule has 1 heterocycles. The van der Waals surface area contributed by atoms with Gasteiger partial charge in [-0.25, -0.2) is 4.98 Å². The van der Waals surface area contributed by atoms with Crippen molar-refractivity contribution in [2.24, 2.45) is 0 Å². The van der Waals surface area contributed by atoms with E-state index in [9.17, 15) is 4.79 Å². The molecule has 0 aliphatic rings. The number of aromatic nitrogens is 1. The van der Waals surface area contributed by atoms with Crippen molar-refractivity contribution in [3.63, 3.8) is 0 Å². The first-order valence-electron chi connectivity index (χ1n) is 6.72. The highest BCUT2D eigenvalue weighted by Crippen LogP contribution is 2.19. The fraction of sp³-hybridized carbons (Fsp3) is 0.250. The molecule has 1 aromatic heterocycles. The maximum absolute atomic E-state index is 11.8. The van der Waals surface area contributed by atoms with Crippen molar-refractivity contribution in [1.82, 2.24) is 10.3 Å². The van der Waals surface area contributed by atoms with Gasteiger partial charge >= 0.3 is 0 Å². The van der Waals surface area contributed by atoms with Crippen molar-refractivity contribution in [3.05, 3.63) is 54.3 Å². The largest absolute Gasteiger partial charge is 0.497 e. The summed E-state index contributed by atoms with van der Waals surface area (Å²) in [5.74, 6) is 1.35. The molecule has 0 unspecified atom stereocenters. The smallest absolute Gasteiger partial charge is 0.273 e. The third-order valence-electron chi connectivity index (χ3n) is 2.74. The van der Waals surface area contributed by atoms with Gasteiger partial charge in [0.15, 0.2) is 12.3 Å². The standard InChI is InChI=1S/C16H18N2O4/c1-11(2)8-17-16(19)14-9-22-15(18-14)10-21-13-6-4-5-12(7-13)20-3/h4-7,9H,1,8,10H2,2-3H3,(H,17,19). The van der Waals surface area contributed by atoms with Gasteiger partial charge < -0.3 is 19.2 Å². The summed E-state index contributed by atoms with van der Waals surface area (Å²) in [6, 6.07) is 7.19. The Morgan fingerprint density at radius 3 is 2.91 bits per heavy atom. The third kappa shape index (κ3) is 4.37. The van der Waals surface area contributed by atoms with Gasteiger partial charge in [-0.15, -0.1) is 0 Å². The summed E-state index contributed by atoms with van der Waals surface area (Å²) in [4.78, 5) is 15.9. The van der Waals surface area contributed by atoms with Crippen molar-refractivity contribution < 1.29 is 18.7 Å². The normalized spacial score (nSPS) is 10.1. The molecule has 1 amide bonds. The average molecular weight is 302 g/mol. The quantitative estimate of drug-likeness (QED) is 0.796. The lowest BCUT2D eigenvalue weighted by Gasteiger charge is -2.05. The van der Waals surface area contributed by atoms with Crippen LogP contribution in [-0.2, 0) is 6.61 Å². The van der Waals surface area contributed by atoms with E-state index in [4.69, 9.17) is 13.9 Å². The first-order chi connectivity index (χ1) is 10.6. The first kappa shape index (κ1) is 15.6. The van der Waals surface area contributed by atoms with Gasteiger partial charge in [0.05, 0.1) is 7.11 Å². The molecule has 0 fully saturated rings. The van der Waals surface area contributed by atoms with Crippen LogP contribution in [0.25, 0.3) is 0 Å². The number of methoxy groups -OCH3 is 1. The highest BCUT2D eigenvalue weighted by Gasteiger charge is 2.12. The molecular weight excluding hydrogens is 284 g/mol. The molecule has 1 N–H and O–H groups in total. The minimum absolute atomic E-state index is 0.126. The molecule has 22 heavy (non-hydrogen) atoms. The summed E-state index contributed by atoms with van der Waals surface area (Å²) < 4.78 is 15.9. The molecule has 0 bridgehead atoms. The molecule has 0 aliphatic carbocycles. The Kier molecular flexibility index (Phi) is 5.19. The molecular formula is C16H18N2O4. The number of oxazole rings is 1. The van der Waals surface area contributed by atoms with Gasteiger partial charge in [-0.2, -0.15) is 0 Å². The van der Waals surface area contributed by atoms with E-state index in [1.54, 1.807) is 19.2 Å². The number of hydrogen-bond acceptors (Lipinski definition) is 5. The Balaban J connectivity index is 1.91. The zero-order valence-corrected chi connectivity index (χ0v) is 12.6. The van der Waals surface area contributed by atoms with Crippen LogP contribution in [0.2, 0.25) is 0 Å². The Morgan fingerprint density at radius 1 is 1.41 bits per heavy atom.